The molecular formula is C14H15N3O3. The third-order valence-electron chi connectivity index (χ3n) is 2.86. The highest BCUT2D eigenvalue weighted by atomic mass is 16.5. The standard InChI is InChI=1S/C14H15N3O3/c1-20-12-5-3-2-4-10(12)8-9-15-14(19)11-6-7-13(18)17-16-11/h2-7,11H,8-9H2,1H3,(H,15,19). The summed E-state index contributed by atoms with van der Waals surface area (Å²) in [6, 6.07) is 6.92. The van der Waals surface area contributed by atoms with Crippen LogP contribution in [-0.4, -0.2) is 31.5 Å². The van der Waals surface area contributed by atoms with Gasteiger partial charge in [-0.15, -0.1) is 5.11 Å². The number of hydrogen-bond acceptors (Lipinski definition) is 4. The van der Waals surface area contributed by atoms with E-state index in [4.69, 9.17) is 4.74 Å². The summed E-state index contributed by atoms with van der Waals surface area (Å²) < 4.78 is 5.24. The molecule has 6 nitrogen and oxygen atoms in total. The third-order valence-corrected chi connectivity index (χ3v) is 2.86. The quantitative estimate of drug-likeness (QED) is 0.877. The van der Waals surface area contributed by atoms with Gasteiger partial charge in [0.15, 0.2) is 6.04 Å². The van der Waals surface area contributed by atoms with Crippen LogP contribution in [0.1, 0.15) is 5.56 Å². The van der Waals surface area contributed by atoms with Crippen molar-refractivity contribution in [1.82, 2.24) is 5.32 Å². The summed E-state index contributed by atoms with van der Waals surface area (Å²) in [5.74, 6) is 0.0834. The highest BCUT2D eigenvalue weighted by Gasteiger charge is 2.17. The molecule has 1 aromatic rings. The van der Waals surface area contributed by atoms with Crippen LogP contribution in [0.15, 0.2) is 46.6 Å². The number of ether oxygens (including phenoxy) is 1. The smallest absolute Gasteiger partial charge is 0.287 e. The van der Waals surface area contributed by atoms with Crippen LogP contribution in [0.3, 0.4) is 0 Å². The molecule has 0 spiro atoms. The van der Waals surface area contributed by atoms with Crippen molar-refractivity contribution in [2.24, 2.45) is 10.2 Å². The number of hydrogen-bond donors (Lipinski definition) is 1. The van der Waals surface area contributed by atoms with Gasteiger partial charge in [0, 0.05) is 12.6 Å². The van der Waals surface area contributed by atoms with E-state index in [1.807, 2.05) is 24.3 Å². The average Bonchev–Trinajstić information content (AvgIpc) is 2.48. The second-order valence-electron chi connectivity index (χ2n) is 4.21. The van der Waals surface area contributed by atoms with E-state index in [-0.39, 0.29) is 5.91 Å². The maximum Gasteiger partial charge on any atom is 0.287 e. The first-order valence-electron chi connectivity index (χ1n) is 6.23. The van der Waals surface area contributed by atoms with Crippen molar-refractivity contribution in [3.8, 4) is 5.75 Å². The molecule has 1 atom stereocenters. The number of methoxy groups -OCH3 is 1. The first-order chi connectivity index (χ1) is 9.70. The topological polar surface area (TPSA) is 80.1 Å². The lowest BCUT2D eigenvalue weighted by atomic mass is 10.1. The summed E-state index contributed by atoms with van der Waals surface area (Å²) in [5.41, 5.74) is 1.02. The van der Waals surface area contributed by atoms with Crippen molar-refractivity contribution in [3.05, 3.63) is 42.0 Å². The maximum atomic E-state index is 11.8. The molecular weight excluding hydrogens is 258 g/mol. The zero-order valence-corrected chi connectivity index (χ0v) is 11.1. The second-order valence-corrected chi connectivity index (χ2v) is 4.21. The molecule has 0 fully saturated rings. The molecule has 1 N–H and O–H groups in total. The van der Waals surface area contributed by atoms with E-state index < -0.39 is 11.9 Å². The summed E-state index contributed by atoms with van der Waals surface area (Å²) in [5, 5.41) is 9.72. The first kappa shape index (κ1) is 13.9. The molecule has 2 rings (SSSR count). The molecule has 6 heteroatoms. The van der Waals surface area contributed by atoms with E-state index in [9.17, 15) is 9.59 Å². The fraction of sp³-hybridized carbons (Fsp3) is 0.286. The van der Waals surface area contributed by atoms with Crippen molar-refractivity contribution >= 4 is 11.8 Å². The van der Waals surface area contributed by atoms with Crippen LogP contribution in [-0.2, 0) is 16.0 Å². The lowest BCUT2D eigenvalue weighted by molar-refractivity contribution is -0.121. The Morgan fingerprint density at radius 3 is 2.90 bits per heavy atom. The molecule has 1 unspecified atom stereocenters. The Morgan fingerprint density at radius 1 is 1.40 bits per heavy atom. The van der Waals surface area contributed by atoms with Gasteiger partial charge in [-0.3, -0.25) is 9.59 Å². The summed E-state index contributed by atoms with van der Waals surface area (Å²) in [7, 11) is 1.61. The van der Waals surface area contributed by atoms with Crippen LogP contribution in [0.25, 0.3) is 0 Å². The summed E-state index contributed by atoms with van der Waals surface area (Å²) in [6.45, 7) is 0.465. The highest BCUT2D eigenvalue weighted by molar-refractivity contribution is 5.92. The molecule has 1 aromatic carbocycles. The van der Waals surface area contributed by atoms with E-state index in [1.165, 1.54) is 12.2 Å². The number of nitrogens with one attached hydrogen (secondary N) is 1. The van der Waals surface area contributed by atoms with Gasteiger partial charge in [-0.2, -0.15) is 5.11 Å². The molecule has 0 saturated carbocycles. The van der Waals surface area contributed by atoms with Crippen molar-refractivity contribution in [2.45, 2.75) is 12.5 Å². The van der Waals surface area contributed by atoms with Crippen LogP contribution in [0.4, 0.5) is 0 Å². The van der Waals surface area contributed by atoms with E-state index in [2.05, 4.69) is 15.5 Å². The van der Waals surface area contributed by atoms with E-state index in [0.717, 1.165) is 11.3 Å². The lowest BCUT2D eigenvalue weighted by Crippen LogP contribution is -2.34. The van der Waals surface area contributed by atoms with Crippen LogP contribution in [0.2, 0.25) is 0 Å². The van der Waals surface area contributed by atoms with Crippen LogP contribution >= 0.6 is 0 Å². The number of benzene rings is 1. The minimum Gasteiger partial charge on any atom is -0.496 e. The minimum absolute atomic E-state index is 0.271. The number of amides is 2. The summed E-state index contributed by atoms with van der Waals surface area (Å²) in [6.07, 6.45) is 3.34. The lowest BCUT2D eigenvalue weighted by Gasteiger charge is -2.11. The Morgan fingerprint density at radius 2 is 2.20 bits per heavy atom. The molecule has 0 radical (unpaired) electrons. The molecule has 0 aromatic heterocycles. The van der Waals surface area contributed by atoms with Gasteiger partial charge < -0.3 is 10.1 Å². The SMILES string of the molecule is COc1ccccc1CCNC(=O)C1C=CC(=O)N=N1. The number of carbonyl (C=O) groups is 2. The zero-order chi connectivity index (χ0) is 14.4. The van der Waals surface area contributed by atoms with Crippen LogP contribution in [0.5, 0.6) is 5.75 Å². The third kappa shape index (κ3) is 3.50. The van der Waals surface area contributed by atoms with Crippen molar-refractivity contribution in [3.63, 3.8) is 0 Å². The molecule has 1 heterocycles. The Balaban J connectivity index is 1.84. The molecule has 0 aliphatic carbocycles. The number of carbonyl (C=O) groups excluding carboxylic acids is 2. The minimum atomic E-state index is -0.717. The van der Waals surface area contributed by atoms with Crippen molar-refractivity contribution < 1.29 is 14.3 Å². The summed E-state index contributed by atoms with van der Waals surface area (Å²) >= 11 is 0. The monoisotopic (exact) mass is 273 g/mol. The molecule has 20 heavy (non-hydrogen) atoms. The molecule has 1 aliphatic heterocycles. The van der Waals surface area contributed by atoms with Gasteiger partial charge >= 0.3 is 0 Å². The molecule has 2 amide bonds. The predicted molar refractivity (Wildman–Crippen MR) is 72.5 cm³/mol. The number of nitrogens with zero attached hydrogens (tertiary/aromatic N) is 2. The van der Waals surface area contributed by atoms with Gasteiger partial charge in [-0.1, -0.05) is 18.2 Å². The predicted octanol–water partition coefficient (Wildman–Crippen LogP) is 1.27. The van der Waals surface area contributed by atoms with Crippen LogP contribution in [0, 0.1) is 0 Å². The first-order valence-corrected chi connectivity index (χ1v) is 6.23. The van der Waals surface area contributed by atoms with Gasteiger partial charge in [0.25, 0.3) is 11.8 Å². The Kier molecular flexibility index (Phi) is 4.60. The normalized spacial score (nSPS) is 17.1. The fourth-order valence-electron chi connectivity index (χ4n) is 1.84. The van der Waals surface area contributed by atoms with Gasteiger partial charge in [0.1, 0.15) is 5.75 Å². The number of azo groups is 1. The second kappa shape index (κ2) is 6.60. The van der Waals surface area contributed by atoms with Gasteiger partial charge in [-0.05, 0) is 24.1 Å². The molecule has 0 bridgehead atoms. The zero-order valence-electron chi connectivity index (χ0n) is 11.1. The Labute approximate surface area is 116 Å². The van der Waals surface area contributed by atoms with Gasteiger partial charge in [0.2, 0.25) is 0 Å². The number of rotatable bonds is 5. The average molecular weight is 273 g/mol. The van der Waals surface area contributed by atoms with Crippen LogP contribution < -0.4 is 10.1 Å². The maximum absolute atomic E-state index is 11.8. The van der Waals surface area contributed by atoms with Crippen molar-refractivity contribution in [1.29, 1.82) is 0 Å². The molecule has 0 saturated heterocycles. The molecule has 104 valence electrons. The fourth-order valence-corrected chi connectivity index (χ4v) is 1.84. The highest BCUT2D eigenvalue weighted by Crippen LogP contribution is 2.17. The van der Waals surface area contributed by atoms with E-state index >= 15 is 0 Å². The van der Waals surface area contributed by atoms with Gasteiger partial charge in [-0.25, -0.2) is 0 Å². The summed E-state index contributed by atoms with van der Waals surface area (Å²) in [4.78, 5) is 22.6. The van der Waals surface area contributed by atoms with E-state index in [1.54, 1.807) is 7.11 Å². The Hall–Kier alpha value is -2.50. The Bertz CT molecular complexity index is 551. The van der Waals surface area contributed by atoms with Crippen molar-refractivity contribution in [2.75, 3.05) is 13.7 Å². The molecule has 1 aliphatic rings. The number of para-hydroxylation sites is 1. The van der Waals surface area contributed by atoms with E-state index in [0.29, 0.717) is 13.0 Å². The van der Waals surface area contributed by atoms with Gasteiger partial charge in [0.05, 0.1) is 7.11 Å². The largest absolute Gasteiger partial charge is 0.496 e.